The van der Waals surface area contributed by atoms with Gasteiger partial charge in [-0.3, -0.25) is 0 Å². The van der Waals surface area contributed by atoms with Crippen molar-refractivity contribution in [1.29, 1.82) is 0 Å². The first-order chi connectivity index (χ1) is 13.5. The summed E-state index contributed by atoms with van der Waals surface area (Å²) >= 11 is 0. The number of aryl methyl sites for hydroxylation is 1. The van der Waals surface area contributed by atoms with Crippen molar-refractivity contribution in [2.75, 3.05) is 11.1 Å². The fourth-order valence-electron chi connectivity index (χ4n) is 2.60. The molecule has 0 bridgehead atoms. The number of nitrogens with zero attached hydrogens (tertiary/aromatic N) is 3. The minimum atomic E-state index is -0.415. The lowest BCUT2D eigenvalue weighted by atomic mass is 10.2. The molecule has 0 atom stereocenters. The summed E-state index contributed by atoms with van der Waals surface area (Å²) in [4.78, 5) is 23.9. The fourth-order valence-corrected chi connectivity index (χ4v) is 2.60. The van der Waals surface area contributed by atoms with E-state index in [0.717, 1.165) is 16.6 Å². The average Bonchev–Trinajstić information content (AvgIpc) is 2.67. The number of nitrogens with two attached hydrogens (primary N) is 1. The predicted octanol–water partition coefficient (Wildman–Crippen LogP) is 3.19. The van der Waals surface area contributed by atoms with Gasteiger partial charge in [-0.15, -0.1) is 0 Å². The summed E-state index contributed by atoms with van der Waals surface area (Å²) < 4.78 is 10.9. The van der Waals surface area contributed by atoms with Gasteiger partial charge in [0.05, 0.1) is 0 Å². The Kier molecular flexibility index (Phi) is 4.59. The Morgan fingerprint density at radius 1 is 1.04 bits per heavy atom. The SMILES string of the molecule is Cc1ccc(Nc2nc(N)nc(COc3ccc4ccc(=O)oc4c3)n2)cc1. The second-order valence-electron chi connectivity index (χ2n) is 6.17. The molecule has 0 saturated heterocycles. The number of anilines is 3. The molecule has 140 valence electrons. The van der Waals surface area contributed by atoms with Crippen molar-refractivity contribution in [2.24, 2.45) is 0 Å². The lowest BCUT2D eigenvalue weighted by molar-refractivity contribution is 0.296. The summed E-state index contributed by atoms with van der Waals surface area (Å²) in [6.07, 6.45) is 0. The largest absolute Gasteiger partial charge is 0.485 e. The Labute approximate surface area is 160 Å². The van der Waals surface area contributed by atoms with E-state index in [9.17, 15) is 4.79 Å². The zero-order chi connectivity index (χ0) is 19.5. The lowest BCUT2D eigenvalue weighted by Gasteiger charge is -2.09. The minimum Gasteiger partial charge on any atom is -0.485 e. The number of nitrogens with one attached hydrogen (secondary N) is 1. The molecular weight excluding hydrogens is 358 g/mol. The van der Waals surface area contributed by atoms with Crippen LogP contribution in [-0.4, -0.2) is 15.0 Å². The van der Waals surface area contributed by atoms with E-state index < -0.39 is 5.63 Å². The van der Waals surface area contributed by atoms with Crippen molar-refractivity contribution in [1.82, 2.24) is 15.0 Å². The molecule has 0 fully saturated rings. The molecule has 28 heavy (non-hydrogen) atoms. The van der Waals surface area contributed by atoms with Gasteiger partial charge in [0.25, 0.3) is 0 Å². The Hall–Kier alpha value is -3.94. The van der Waals surface area contributed by atoms with Crippen LogP contribution in [0, 0.1) is 6.92 Å². The summed E-state index contributed by atoms with van der Waals surface area (Å²) in [7, 11) is 0. The summed E-state index contributed by atoms with van der Waals surface area (Å²) in [5.41, 5.74) is 7.81. The van der Waals surface area contributed by atoms with Gasteiger partial charge in [0.1, 0.15) is 17.9 Å². The van der Waals surface area contributed by atoms with Crippen LogP contribution in [0.3, 0.4) is 0 Å². The molecule has 0 radical (unpaired) electrons. The standard InChI is InChI=1S/C20H17N5O3/c1-12-2-6-14(7-3-12)22-20-24-17(23-19(21)25-20)11-27-15-8-4-13-5-9-18(26)28-16(13)10-15/h2-10H,11H2,1H3,(H3,21,22,23,24,25). The van der Waals surface area contributed by atoms with E-state index in [1.165, 1.54) is 6.07 Å². The molecule has 0 amide bonds. The molecule has 0 aliphatic carbocycles. The molecule has 8 heteroatoms. The maximum absolute atomic E-state index is 11.4. The van der Waals surface area contributed by atoms with Crippen LogP contribution in [0.5, 0.6) is 5.75 Å². The Bertz CT molecular complexity index is 1190. The molecule has 4 rings (SSSR count). The van der Waals surface area contributed by atoms with Crippen molar-refractivity contribution in [3.63, 3.8) is 0 Å². The van der Waals surface area contributed by atoms with Gasteiger partial charge in [-0.1, -0.05) is 17.7 Å². The van der Waals surface area contributed by atoms with Crippen LogP contribution in [0.1, 0.15) is 11.4 Å². The van der Waals surface area contributed by atoms with Crippen LogP contribution in [0.2, 0.25) is 0 Å². The summed E-state index contributed by atoms with van der Waals surface area (Å²) in [6, 6.07) is 16.1. The third-order valence-electron chi connectivity index (χ3n) is 3.97. The van der Waals surface area contributed by atoms with Gasteiger partial charge in [0.15, 0.2) is 5.82 Å². The first kappa shape index (κ1) is 17.5. The molecule has 3 N–H and O–H groups in total. The summed E-state index contributed by atoms with van der Waals surface area (Å²) in [6.45, 7) is 2.09. The molecule has 2 aromatic carbocycles. The number of hydrogen-bond acceptors (Lipinski definition) is 8. The summed E-state index contributed by atoms with van der Waals surface area (Å²) in [5.74, 6) is 1.32. The van der Waals surface area contributed by atoms with E-state index in [0.29, 0.717) is 23.1 Å². The minimum absolute atomic E-state index is 0.0812. The first-order valence-electron chi connectivity index (χ1n) is 8.56. The van der Waals surface area contributed by atoms with E-state index >= 15 is 0 Å². The van der Waals surface area contributed by atoms with E-state index in [4.69, 9.17) is 14.9 Å². The quantitative estimate of drug-likeness (QED) is 0.511. The van der Waals surface area contributed by atoms with E-state index in [-0.39, 0.29) is 12.6 Å². The van der Waals surface area contributed by atoms with Crippen molar-refractivity contribution in [3.8, 4) is 5.75 Å². The van der Waals surface area contributed by atoms with Crippen molar-refractivity contribution < 1.29 is 9.15 Å². The first-order valence-corrected chi connectivity index (χ1v) is 8.56. The highest BCUT2D eigenvalue weighted by atomic mass is 16.5. The van der Waals surface area contributed by atoms with Crippen LogP contribution in [0.25, 0.3) is 11.0 Å². The van der Waals surface area contributed by atoms with Crippen molar-refractivity contribution >= 4 is 28.6 Å². The maximum Gasteiger partial charge on any atom is 0.336 e. The fraction of sp³-hybridized carbons (Fsp3) is 0.100. The molecule has 8 nitrogen and oxygen atoms in total. The van der Waals surface area contributed by atoms with Gasteiger partial charge >= 0.3 is 5.63 Å². The van der Waals surface area contributed by atoms with Gasteiger partial charge in [0, 0.05) is 23.2 Å². The zero-order valence-electron chi connectivity index (χ0n) is 15.0. The highest BCUT2D eigenvalue weighted by Crippen LogP contribution is 2.20. The van der Waals surface area contributed by atoms with E-state index in [2.05, 4.69) is 20.3 Å². The molecule has 0 unspecified atom stereocenters. The van der Waals surface area contributed by atoms with Crippen LogP contribution in [0.15, 0.2) is 63.8 Å². The molecule has 0 aliphatic heterocycles. The zero-order valence-corrected chi connectivity index (χ0v) is 15.0. The summed E-state index contributed by atoms with van der Waals surface area (Å²) in [5, 5.41) is 3.90. The van der Waals surface area contributed by atoms with Gasteiger partial charge in [-0.25, -0.2) is 4.79 Å². The van der Waals surface area contributed by atoms with Gasteiger partial charge in [-0.05, 0) is 37.3 Å². The molecule has 0 aliphatic rings. The molecule has 2 aromatic heterocycles. The Morgan fingerprint density at radius 3 is 2.64 bits per heavy atom. The molecule has 4 aromatic rings. The van der Waals surface area contributed by atoms with E-state index in [1.807, 2.05) is 31.2 Å². The molecule has 0 spiro atoms. The second-order valence-corrected chi connectivity index (χ2v) is 6.17. The average molecular weight is 375 g/mol. The van der Waals surface area contributed by atoms with Gasteiger partial charge < -0.3 is 20.2 Å². The van der Waals surface area contributed by atoms with Crippen LogP contribution < -0.4 is 21.4 Å². The highest BCUT2D eigenvalue weighted by Gasteiger charge is 2.07. The number of fused-ring (bicyclic) bond motifs is 1. The van der Waals surface area contributed by atoms with Gasteiger partial charge in [-0.2, -0.15) is 15.0 Å². The number of hydrogen-bond donors (Lipinski definition) is 2. The third-order valence-corrected chi connectivity index (χ3v) is 3.97. The normalized spacial score (nSPS) is 10.8. The number of ether oxygens (including phenoxy) is 1. The Balaban J connectivity index is 1.51. The van der Waals surface area contributed by atoms with Gasteiger partial charge in [0.2, 0.25) is 11.9 Å². The van der Waals surface area contributed by atoms with Crippen LogP contribution >= 0.6 is 0 Å². The van der Waals surface area contributed by atoms with Crippen molar-refractivity contribution in [2.45, 2.75) is 13.5 Å². The monoisotopic (exact) mass is 375 g/mol. The predicted molar refractivity (Wildman–Crippen MR) is 106 cm³/mol. The number of rotatable bonds is 5. The Morgan fingerprint density at radius 2 is 1.82 bits per heavy atom. The van der Waals surface area contributed by atoms with Crippen molar-refractivity contribution in [3.05, 3.63) is 76.4 Å². The lowest BCUT2D eigenvalue weighted by Crippen LogP contribution is -2.09. The molecule has 0 saturated carbocycles. The maximum atomic E-state index is 11.4. The highest BCUT2D eigenvalue weighted by molar-refractivity contribution is 5.77. The third kappa shape index (κ3) is 4.07. The smallest absolute Gasteiger partial charge is 0.336 e. The molecular formula is C20H17N5O3. The second kappa shape index (κ2) is 7.36. The number of aromatic nitrogens is 3. The number of nitrogen functional groups attached to an aromatic ring is 1. The van der Waals surface area contributed by atoms with Crippen LogP contribution in [0.4, 0.5) is 17.6 Å². The topological polar surface area (TPSA) is 116 Å². The van der Waals surface area contributed by atoms with Crippen LogP contribution in [-0.2, 0) is 6.61 Å². The van der Waals surface area contributed by atoms with E-state index in [1.54, 1.807) is 24.3 Å². The molecule has 2 heterocycles. The number of benzene rings is 2.